The van der Waals surface area contributed by atoms with Gasteiger partial charge in [-0.3, -0.25) is 0 Å². The van der Waals surface area contributed by atoms with Crippen LogP contribution >= 0.6 is 0 Å². The van der Waals surface area contributed by atoms with Crippen molar-refractivity contribution in [2.75, 3.05) is 13.7 Å². The van der Waals surface area contributed by atoms with Crippen molar-refractivity contribution >= 4 is 0 Å². The molecule has 1 aliphatic carbocycles. The number of rotatable bonds is 4. The molecule has 0 amide bonds. The van der Waals surface area contributed by atoms with Gasteiger partial charge in [-0.25, -0.2) is 0 Å². The maximum atomic E-state index is 5.42. The summed E-state index contributed by atoms with van der Waals surface area (Å²) in [4.78, 5) is 0. The summed E-state index contributed by atoms with van der Waals surface area (Å²) < 4.78 is 5.42. The number of hydrogen-bond acceptors (Lipinski definition) is 2. The lowest BCUT2D eigenvalue weighted by Crippen LogP contribution is -2.34. The van der Waals surface area contributed by atoms with E-state index in [-0.39, 0.29) is 0 Å². The Morgan fingerprint density at radius 2 is 2.44 bits per heavy atom. The van der Waals surface area contributed by atoms with E-state index in [4.69, 9.17) is 4.74 Å². The fourth-order valence-corrected chi connectivity index (χ4v) is 2.37. The van der Waals surface area contributed by atoms with E-state index in [1.165, 1.54) is 17.5 Å². The second kappa shape index (κ2) is 5.17. The molecule has 86 valence electrons. The summed E-state index contributed by atoms with van der Waals surface area (Å²) in [6.45, 7) is 4.62. The molecule has 0 unspecified atom stereocenters. The zero-order chi connectivity index (χ0) is 11.4. The molecule has 0 aromatic heterocycles. The maximum absolute atomic E-state index is 5.42. The van der Waals surface area contributed by atoms with Gasteiger partial charge in [0.25, 0.3) is 0 Å². The summed E-state index contributed by atoms with van der Waals surface area (Å²) in [6, 6.07) is 6.90. The van der Waals surface area contributed by atoms with Crippen LogP contribution in [0.5, 0.6) is 5.75 Å². The van der Waals surface area contributed by atoms with E-state index in [2.05, 4.69) is 30.1 Å². The standard InChI is InChI=1S/C14H19NO/c1-3-9-15-12-8-7-11-5-4-6-14(16-2)13(11)10-12/h3-6,12,15H,1,7-10H2,2H3/t12-/m0/s1. The van der Waals surface area contributed by atoms with Crippen LogP contribution in [0.1, 0.15) is 17.5 Å². The summed E-state index contributed by atoms with van der Waals surface area (Å²) in [5.41, 5.74) is 2.81. The topological polar surface area (TPSA) is 21.3 Å². The normalized spacial score (nSPS) is 18.9. The summed E-state index contributed by atoms with van der Waals surface area (Å²) in [5, 5.41) is 3.49. The van der Waals surface area contributed by atoms with Crippen molar-refractivity contribution in [1.82, 2.24) is 5.32 Å². The van der Waals surface area contributed by atoms with Gasteiger partial charge in [-0.2, -0.15) is 0 Å². The summed E-state index contributed by atoms with van der Waals surface area (Å²) >= 11 is 0. The predicted molar refractivity (Wildman–Crippen MR) is 67.0 cm³/mol. The Bertz CT molecular complexity index is 359. The molecule has 0 bridgehead atoms. The Kier molecular flexibility index (Phi) is 3.62. The van der Waals surface area contributed by atoms with Gasteiger partial charge >= 0.3 is 0 Å². The molecule has 2 nitrogen and oxygen atoms in total. The first-order valence-electron chi connectivity index (χ1n) is 5.84. The lowest BCUT2D eigenvalue weighted by Gasteiger charge is -2.26. The van der Waals surface area contributed by atoms with Crippen molar-refractivity contribution in [3.05, 3.63) is 42.0 Å². The van der Waals surface area contributed by atoms with E-state index in [1.807, 2.05) is 6.08 Å². The molecule has 0 heterocycles. The zero-order valence-corrected chi connectivity index (χ0v) is 9.83. The Balaban J connectivity index is 2.14. The first kappa shape index (κ1) is 11.2. The van der Waals surface area contributed by atoms with Gasteiger partial charge in [0.05, 0.1) is 7.11 Å². The quantitative estimate of drug-likeness (QED) is 0.782. The Morgan fingerprint density at radius 1 is 1.56 bits per heavy atom. The molecule has 1 aromatic rings. The molecule has 0 saturated heterocycles. The molecule has 1 atom stereocenters. The number of fused-ring (bicyclic) bond motifs is 1. The number of benzene rings is 1. The second-order valence-electron chi connectivity index (χ2n) is 4.23. The number of aryl methyl sites for hydroxylation is 1. The van der Waals surface area contributed by atoms with Gasteiger partial charge in [-0.15, -0.1) is 6.58 Å². The van der Waals surface area contributed by atoms with Crippen molar-refractivity contribution in [2.45, 2.75) is 25.3 Å². The third kappa shape index (κ3) is 2.27. The van der Waals surface area contributed by atoms with E-state index in [9.17, 15) is 0 Å². The van der Waals surface area contributed by atoms with Crippen molar-refractivity contribution in [3.8, 4) is 5.75 Å². The van der Waals surface area contributed by atoms with E-state index in [1.54, 1.807) is 7.11 Å². The van der Waals surface area contributed by atoms with Crippen LogP contribution < -0.4 is 10.1 Å². The third-order valence-electron chi connectivity index (χ3n) is 3.21. The van der Waals surface area contributed by atoms with Crippen LogP contribution in [0, 0.1) is 0 Å². The first-order chi connectivity index (χ1) is 7.85. The van der Waals surface area contributed by atoms with Crippen molar-refractivity contribution < 1.29 is 4.74 Å². The summed E-state index contributed by atoms with van der Waals surface area (Å²) in [6.07, 6.45) is 5.32. The molecule has 1 N–H and O–H groups in total. The molecule has 0 aliphatic heterocycles. The third-order valence-corrected chi connectivity index (χ3v) is 3.21. The van der Waals surface area contributed by atoms with E-state index < -0.39 is 0 Å². The highest BCUT2D eigenvalue weighted by Crippen LogP contribution is 2.29. The van der Waals surface area contributed by atoms with E-state index >= 15 is 0 Å². The number of nitrogens with one attached hydrogen (secondary N) is 1. The van der Waals surface area contributed by atoms with Gasteiger partial charge in [-0.05, 0) is 36.5 Å². The first-order valence-corrected chi connectivity index (χ1v) is 5.84. The van der Waals surface area contributed by atoms with Gasteiger partial charge in [0.2, 0.25) is 0 Å². The average molecular weight is 217 g/mol. The van der Waals surface area contributed by atoms with Crippen LogP contribution in [0.3, 0.4) is 0 Å². The molecule has 1 aliphatic rings. The average Bonchev–Trinajstić information content (AvgIpc) is 2.35. The minimum atomic E-state index is 0.557. The highest BCUT2D eigenvalue weighted by molar-refractivity contribution is 5.42. The molecular weight excluding hydrogens is 198 g/mol. The molecule has 1 aromatic carbocycles. The minimum absolute atomic E-state index is 0.557. The minimum Gasteiger partial charge on any atom is -0.496 e. The van der Waals surface area contributed by atoms with Crippen molar-refractivity contribution in [3.63, 3.8) is 0 Å². The van der Waals surface area contributed by atoms with Gasteiger partial charge < -0.3 is 10.1 Å². The molecule has 2 rings (SSSR count). The van der Waals surface area contributed by atoms with Crippen LogP contribution in [0.25, 0.3) is 0 Å². The number of ether oxygens (including phenoxy) is 1. The van der Waals surface area contributed by atoms with E-state index in [0.29, 0.717) is 6.04 Å². The van der Waals surface area contributed by atoms with Gasteiger partial charge in [0.15, 0.2) is 0 Å². The fraction of sp³-hybridized carbons (Fsp3) is 0.429. The van der Waals surface area contributed by atoms with Gasteiger partial charge in [-0.1, -0.05) is 18.2 Å². The second-order valence-corrected chi connectivity index (χ2v) is 4.23. The Morgan fingerprint density at radius 3 is 3.19 bits per heavy atom. The van der Waals surface area contributed by atoms with Crippen molar-refractivity contribution in [2.24, 2.45) is 0 Å². The molecule has 16 heavy (non-hydrogen) atoms. The Labute approximate surface area is 97.3 Å². The van der Waals surface area contributed by atoms with Crippen LogP contribution in [0.15, 0.2) is 30.9 Å². The van der Waals surface area contributed by atoms with Gasteiger partial charge in [0.1, 0.15) is 5.75 Å². The number of methoxy groups -OCH3 is 1. The molecular formula is C14H19NO. The van der Waals surface area contributed by atoms with Crippen molar-refractivity contribution in [1.29, 1.82) is 0 Å². The highest BCUT2D eigenvalue weighted by Gasteiger charge is 2.20. The summed E-state index contributed by atoms with van der Waals surface area (Å²) in [7, 11) is 1.75. The SMILES string of the molecule is C=CCN[C@H]1CCc2cccc(OC)c2C1. The van der Waals surface area contributed by atoms with Gasteiger partial charge in [0, 0.05) is 12.6 Å². The molecule has 2 heteroatoms. The maximum Gasteiger partial charge on any atom is 0.122 e. The largest absolute Gasteiger partial charge is 0.496 e. The summed E-state index contributed by atoms with van der Waals surface area (Å²) in [5.74, 6) is 1.03. The predicted octanol–water partition coefficient (Wildman–Crippen LogP) is 2.33. The fourth-order valence-electron chi connectivity index (χ4n) is 2.37. The zero-order valence-electron chi connectivity index (χ0n) is 9.83. The molecule has 0 saturated carbocycles. The lowest BCUT2D eigenvalue weighted by atomic mass is 9.87. The van der Waals surface area contributed by atoms with E-state index in [0.717, 1.165) is 25.1 Å². The molecule has 0 spiro atoms. The smallest absolute Gasteiger partial charge is 0.122 e. The molecule has 0 radical (unpaired) electrons. The highest BCUT2D eigenvalue weighted by atomic mass is 16.5. The lowest BCUT2D eigenvalue weighted by molar-refractivity contribution is 0.397. The van der Waals surface area contributed by atoms with Crippen LogP contribution in [-0.4, -0.2) is 19.7 Å². The monoisotopic (exact) mass is 217 g/mol. The van der Waals surface area contributed by atoms with Crippen LogP contribution in [0.2, 0.25) is 0 Å². The molecule has 0 fully saturated rings. The van der Waals surface area contributed by atoms with Crippen LogP contribution in [0.4, 0.5) is 0 Å². The number of hydrogen-bond donors (Lipinski definition) is 1. The Hall–Kier alpha value is -1.28. The van der Waals surface area contributed by atoms with Crippen LogP contribution in [-0.2, 0) is 12.8 Å².